The van der Waals surface area contributed by atoms with Gasteiger partial charge in [0.2, 0.25) is 5.91 Å². The highest BCUT2D eigenvalue weighted by atomic mass is 35.5. The molecule has 2 aromatic carbocycles. The highest BCUT2D eigenvalue weighted by molar-refractivity contribution is 6.33. The van der Waals surface area contributed by atoms with E-state index in [4.69, 9.17) is 11.6 Å². The zero-order valence-electron chi connectivity index (χ0n) is 10.5. The number of carbonyl (C=O) groups excluding carboxylic acids is 1. The molecule has 0 saturated carbocycles. The molecule has 1 N–H and O–H groups in total. The van der Waals surface area contributed by atoms with Crippen molar-refractivity contribution in [2.75, 3.05) is 5.32 Å². The van der Waals surface area contributed by atoms with Crippen molar-refractivity contribution >= 4 is 23.2 Å². The summed E-state index contributed by atoms with van der Waals surface area (Å²) in [5, 5.41) is 2.76. The van der Waals surface area contributed by atoms with Crippen LogP contribution in [0.3, 0.4) is 0 Å². The molecular formula is C15H12ClF2NO. The molecule has 2 rings (SSSR count). The van der Waals surface area contributed by atoms with Gasteiger partial charge < -0.3 is 5.32 Å². The summed E-state index contributed by atoms with van der Waals surface area (Å²) in [6.45, 7) is 0. The number of carbonyl (C=O) groups is 1. The maximum Gasteiger partial charge on any atom is 0.224 e. The molecule has 0 aromatic heterocycles. The zero-order valence-corrected chi connectivity index (χ0v) is 11.3. The molecule has 0 aliphatic carbocycles. The van der Waals surface area contributed by atoms with Crippen molar-refractivity contribution in [2.45, 2.75) is 12.8 Å². The normalized spacial score (nSPS) is 10.3. The molecule has 0 heterocycles. The number of amides is 1. The number of rotatable bonds is 4. The molecular weight excluding hydrogens is 284 g/mol. The van der Waals surface area contributed by atoms with E-state index in [0.717, 1.165) is 11.6 Å². The van der Waals surface area contributed by atoms with Crippen LogP contribution in [0, 0.1) is 11.6 Å². The van der Waals surface area contributed by atoms with Gasteiger partial charge in [0.05, 0.1) is 10.7 Å². The summed E-state index contributed by atoms with van der Waals surface area (Å²) in [7, 11) is 0. The topological polar surface area (TPSA) is 29.1 Å². The Kier molecular flexibility index (Phi) is 4.69. The van der Waals surface area contributed by atoms with Gasteiger partial charge in [0.1, 0.15) is 11.6 Å². The summed E-state index contributed by atoms with van der Waals surface area (Å²) >= 11 is 5.81. The highest BCUT2D eigenvalue weighted by Crippen LogP contribution is 2.22. The third-order valence-electron chi connectivity index (χ3n) is 2.76. The van der Waals surface area contributed by atoms with Crippen LogP contribution in [-0.2, 0) is 11.2 Å². The summed E-state index contributed by atoms with van der Waals surface area (Å²) in [5.41, 5.74) is 1.24. The lowest BCUT2D eigenvalue weighted by Crippen LogP contribution is -2.12. The third-order valence-corrected chi connectivity index (χ3v) is 3.07. The van der Waals surface area contributed by atoms with E-state index in [-0.39, 0.29) is 23.2 Å². The second-order valence-electron chi connectivity index (χ2n) is 4.30. The van der Waals surface area contributed by atoms with E-state index < -0.39 is 5.82 Å². The fraction of sp³-hybridized carbons (Fsp3) is 0.133. The van der Waals surface area contributed by atoms with Crippen molar-refractivity contribution in [3.05, 3.63) is 64.7 Å². The lowest BCUT2D eigenvalue weighted by molar-refractivity contribution is -0.116. The smallest absolute Gasteiger partial charge is 0.224 e. The molecule has 20 heavy (non-hydrogen) atoms. The van der Waals surface area contributed by atoms with Gasteiger partial charge in [-0.25, -0.2) is 8.78 Å². The van der Waals surface area contributed by atoms with Gasteiger partial charge in [-0.2, -0.15) is 0 Å². The predicted molar refractivity (Wildman–Crippen MR) is 74.8 cm³/mol. The highest BCUT2D eigenvalue weighted by Gasteiger charge is 2.07. The van der Waals surface area contributed by atoms with Crippen molar-refractivity contribution in [3.63, 3.8) is 0 Å². The Hall–Kier alpha value is -1.94. The van der Waals surface area contributed by atoms with Crippen LogP contribution in [0.15, 0.2) is 42.5 Å². The fourth-order valence-electron chi connectivity index (χ4n) is 1.71. The number of anilines is 1. The van der Waals surface area contributed by atoms with Gasteiger partial charge in [0.15, 0.2) is 0 Å². The summed E-state index contributed by atoms with van der Waals surface area (Å²) in [4.78, 5) is 11.8. The monoisotopic (exact) mass is 295 g/mol. The number of hydrogen-bond acceptors (Lipinski definition) is 1. The van der Waals surface area contributed by atoms with Crippen LogP contribution in [0.5, 0.6) is 0 Å². The fourth-order valence-corrected chi connectivity index (χ4v) is 1.93. The SMILES string of the molecule is O=C(CCc1ccc(F)cc1)Nc1ccc(F)cc1Cl. The van der Waals surface area contributed by atoms with Gasteiger partial charge in [0, 0.05) is 6.42 Å². The van der Waals surface area contributed by atoms with Gasteiger partial charge in [-0.1, -0.05) is 23.7 Å². The molecule has 5 heteroatoms. The summed E-state index contributed by atoms with van der Waals surface area (Å²) in [6, 6.07) is 9.74. The number of benzene rings is 2. The summed E-state index contributed by atoms with van der Waals surface area (Å²) in [6.07, 6.45) is 0.726. The molecule has 0 bridgehead atoms. The van der Waals surface area contributed by atoms with Gasteiger partial charge in [0.25, 0.3) is 0 Å². The molecule has 2 aromatic rings. The largest absolute Gasteiger partial charge is 0.325 e. The lowest BCUT2D eigenvalue weighted by Gasteiger charge is -2.07. The second-order valence-corrected chi connectivity index (χ2v) is 4.71. The maximum atomic E-state index is 12.9. The van der Waals surface area contributed by atoms with Crippen molar-refractivity contribution in [1.29, 1.82) is 0 Å². The minimum Gasteiger partial charge on any atom is -0.325 e. The first-order chi connectivity index (χ1) is 9.54. The molecule has 0 unspecified atom stereocenters. The molecule has 1 amide bonds. The van der Waals surface area contributed by atoms with E-state index in [2.05, 4.69) is 5.32 Å². The van der Waals surface area contributed by atoms with Crippen LogP contribution in [0.25, 0.3) is 0 Å². The van der Waals surface area contributed by atoms with E-state index >= 15 is 0 Å². The van der Waals surface area contributed by atoms with Gasteiger partial charge >= 0.3 is 0 Å². The molecule has 0 fully saturated rings. The van der Waals surface area contributed by atoms with E-state index in [1.54, 1.807) is 12.1 Å². The van der Waals surface area contributed by atoms with Crippen molar-refractivity contribution in [2.24, 2.45) is 0 Å². The van der Waals surface area contributed by atoms with Crippen LogP contribution in [0.2, 0.25) is 5.02 Å². The van der Waals surface area contributed by atoms with Crippen LogP contribution in [0.1, 0.15) is 12.0 Å². The number of nitrogens with one attached hydrogen (secondary N) is 1. The molecule has 2 nitrogen and oxygen atoms in total. The molecule has 0 radical (unpaired) electrons. The Morgan fingerprint density at radius 3 is 2.35 bits per heavy atom. The van der Waals surface area contributed by atoms with Gasteiger partial charge in [-0.15, -0.1) is 0 Å². The van der Waals surface area contributed by atoms with Crippen LogP contribution in [-0.4, -0.2) is 5.91 Å². The molecule has 0 atom stereocenters. The van der Waals surface area contributed by atoms with Crippen LogP contribution in [0.4, 0.5) is 14.5 Å². The molecule has 104 valence electrons. The summed E-state index contributed by atoms with van der Waals surface area (Å²) in [5.74, 6) is -1.00. The minimum absolute atomic E-state index is 0.153. The summed E-state index contributed by atoms with van der Waals surface area (Å²) < 4.78 is 25.6. The molecule has 0 aliphatic heterocycles. The quantitative estimate of drug-likeness (QED) is 0.900. The van der Waals surface area contributed by atoms with E-state index in [9.17, 15) is 13.6 Å². The third kappa shape index (κ3) is 4.03. The maximum absolute atomic E-state index is 12.9. The Morgan fingerprint density at radius 2 is 1.70 bits per heavy atom. The zero-order chi connectivity index (χ0) is 14.5. The Bertz CT molecular complexity index is 614. The second kappa shape index (κ2) is 6.48. The molecule has 0 spiro atoms. The van der Waals surface area contributed by atoms with Crippen LogP contribution < -0.4 is 5.32 Å². The standard InChI is InChI=1S/C15H12ClF2NO/c16-13-9-12(18)6-7-14(13)19-15(20)8-3-10-1-4-11(17)5-2-10/h1-2,4-7,9H,3,8H2,(H,19,20). The first kappa shape index (κ1) is 14.5. The van der Waals surface area contributed by atoms with Crippen molar-refractivity contribution in [1.82, 2.24) is 0 Å². The van der Waals surface area contributed by atoms with Crippen molar-refractivity contribution in [3.8, 4) is 0 Å². The van der Waals surface area contributed by atoms with E-state index in [0.29, 0.717) is 12.1 Å². The first-order valence-corrected chi connectivity index (χ1v) is 6.42. The lowest BCUT2D eigenvalue weighted by atomic mass is 10.1. The Labute approximate surface area is 120 Å². The van der Waals surface area contributed by atoms with Gasteiger partial charge in [-0.05, 0) is 42.3 Å². The number of hydrogen-bond donors (Lipinski definition) is 1. The average molecular weight is 296 g/mol. The van der Waals surface area contributed by atoms with E-state index in [1.165, 1.54) is 24.3 Å². The number of aryl methyl sites for hydroxylation is 1. The average Bonchev–Trinajstić information content (AvgIpc) is 2.41. The first-order valence-electron chi connectivity index (χ1n) is 6.04. The van der Waals surface area contributed by atoms with Crippen molar-refractivity contribution < 1.29 is 13.6 Å². The van der Waals surface area contributed by atoms with Crippen LogP contribution >= 0.6 is 11.6 Å². The molecule has 0 saturated heterocycles. The number of halogens is 3. The predicted octanol–water partition coefficient (Wildman–Crippen LogP) is 4.19. The van der Waals surface area contributed by atoms with Gasteiger partial charge in [-0.3, -0.25) is 4.79 Å². The Morgan fingerprint density at radius 1 is 1.05 bits per heavy atom. The Balaban J connectivity index is 1.90. The minimum atomic E-state index is -0.459. The van der Waals surface area contributed by atoms with E-state index in [1.807, 2.05) is 0 Å². The molecule has 0 aliphatic rings.